The van der Waals surface area contributed by atoms with Crippen molar-refractivity contribution < 1.29 is 4.39 Å². The van der Waals surface area contributed by atoms with Gasteiger partial charge >= 0.3 is 0 Å². The number of nitrogens with zero attached hydrogens (tertiary/aromatic N) is 2. The summed E-state index contributed by atoms with van der Waals surface area (Å²) in [7, 11) is 0. The fourth-order valence-electron chi connectivity index (χ4n) is 1.27. The summed E-state index contributed by atoms with van der Waals surface area (Å²) in [6.45, 7) is 0.534. The average Bonchev–Trinajstić information content (AvgIpc) is 2.78. The Labute approximate surface area is 96.2 Å². The fourth-order valence-corrected chi connectivity index (χ4v) is 1.83. The first-order chi connectivity index (χ1) is 7.78. The zero-order chi connectivity index (χ0) is 11.4. The first kappa shape index (κ1) is 10.6. The summed E-state index contributed by atoms with van der Waals surface area (Å²) < 4.78 is 13.1. The summed E-state index contributed by atoms with van der Waals surface area (Å²) in [6, 6.07) is 6.07. The number of thiazole rings is 1. The molecule has 1 N–H and O–H groups in total. The molecule has 0 saturated carbocycles. The summed E-state index contributed by atoms with van der Waals surface area (Å²) in [5.41, 5.74) is 0.897. The quantitative estimate of drug-likeness (QED) is 0.886. The van der Waals surface area contributed by atoms with E-state index in [0.29, 0.717) is 17.8 Å². The van der Waals surface area contributed by atoms with Gasteiger partial charge in [-0.2, -0.15) is 5.26 Å². The number of anilines is 1. The molecule has 1 aromatic carbocycles. The molecule has 0 unspecified atom stereocenters. The van der Waals surface area contributed by atoms with E-state index in [4.69, 9.17) is 5.26 Å². The Bertz CT molecular complexity index is 517. The first-order valence-corrected chi connectivity index (χ1v) is 5.49. The van der Waals surface area contributed by atoms with Gasteiger partial charge in [0, 0.05) is 17.3 Å². The number of aromatic nitrogens is 1. The number of halogens is 1. The second-order valence-electron chi connectivity index (χ2n) is 3.12. The van der Waals surface area contributed by atoms with Crippen LogP contribution in [0.1, 0.15) is 10.6 Å². The van der Waals surface area contributed by atoms with Gasteiger partial charge in [-0.1, -0.05) is 0 Å². The molecule has 0 amide bonds. The molecule has 2 rings (SSSR count). The molecule has 0 fully saturated rings. The molecule has 0 radical (unpaired) electrons. The molecule has 0 saturated heterocycles. The maximum atomic E-state index is 13.1. The standard InChI is InChI=1S/C11H8FN3S/c12-9-3-8(6-13)4-10(5-9)15-7-11-14-1-2-16-11/h1-5,15H,7H2. The van der Waals surface area contributed by atoms with Crippen LogP contribution in [0, 0.1) is 17.1 Å². The highest BCUT2D eigenvalue weighted by Crippen LogP contribution is 2.15. The summed E-state index contributed by atoms with van der Waals surface area (Å²) >= 11 is 1.52. The number of benzene rings is 1. The lowest BCUT2D eigenvalue weighted by atomic mass is 10.2. The van der Waals surface area contributed by atoms with Gasteiger partial charge in [0.15, 0.2) is 0 Å². The van der Waals surface area contributed by atoms with Crippen LogP contribution in [0.4, 0.5) is 10.1 Å². The van der Waals surface area contributed by atoms with Crippen LogP contribution in [0.25, 0.3) is 0 Å². The van der Waals surface area contributed by atoms with Crippen LogP contribution in [-0.2, 0) is 6.54 Å². The van der Waals surface area contributed by atoms with Crippen LogP contribution < -0.4 is 5.32 Å². The van der Waals surface area contributed by atoms with Crippen molar-refractivity contribution in [2.24, 2.45) is 0 Å². The minimum absolute atomic E-state index is 0.307. The topological polar surface area (TPSA) is 48.7 Å². The Hall–Kier alpha value is -1.93. The van der Waals surface area contributed by atoms with Crippen LogP contribution in [0.3, 0.4) is 0 Å². The highest BCUT2D eigenvalue weighted by atomic mass is 32.1. The molecule has 0 aliphatic heterocycles. The summed E-state index contributed by atoms with van der Waals surface area (Å²) in [6.07, 6.45) is 1.72. The molecule has 1 aromatic heterocycles. The van der Waals surface area contributed by atoms with Gasteiger partial charge in [0.1, 0.15) is 10.8 Å². The molecular weight excluding hydrogens is 225 g/mol. The Morgan fingerprint density at radius 2 is 2.31 bits per heavy atom. The Morgan fingerprint density at radius 3 is 3.00 bits per heavy atom. The van der Waals surface area contributed by atoms with Crippen molar-refractivity contribution in [1.29, 1.82) is 5.26 Å². The van der Waals surface area contributed by atoms with Crippen molar-refractivity contribution in [3.05, 3.63) is 46.2 Å². The van der Waals surface area contributed by atoms with Crippen molar-refractivity contribution >= 4 is 17.0 Å². The van der Waals surface area contributed by atoms with Gasteiger partial charge in [-0.15, -0.1) is 11.3 Å². The van der Waals surface area contributed by atoms with Crippen molar-refractivity contribution in [3.8, 4) is 6.07 Å². The van der Waals surface area contributed by atoms with Crippen molar-refractivity contribution in [3.63, 3.8) is 0 Å². The first-order valence-electron chi connectivity index (χ1n) is 4.61. The maximum absolute atomic E-state index is 13.1. The molecule has 0 spiro atoms. The minimum Gasteiger partial charge on any atom is -0.378 e. The third-order valence-corrected chi connectivity index (χ3v) is 2.73. The molecule has 16 heavy (non-hydrogen) atoms. The summed E-state index contributed by atoms with van der Waals surface area (Å²) in [5.74, 6) is -0.416. The SMILES string of the molecule is N#Cc1cc(F)cc(NCc2nccs2)c1. The van der Waals surface area contributed by atoms with Crippen LogP contribution in [-0.4, -0.2) is 4.98 Å². The molecule has 2 aromatic rings. The van der Waals surface area contributed by atoms with E-state index in [2.05, 4.69) is 10.3 Å². The second kappa shape index (κ2) is 4.73. The van der Waals surface area contributed by atoms with E-state index in [-0.39, 0.29) is 0 Å². The lowest BCUT2D eigenvalue weighted by Crippen LogP contribution is -1.99. The zero-order valence-corrected chi connectivity index (χ0v) is 9.09. The molecule has 0 aliphatic rings. The fraction of sp³-hybridized carbons (Fsp3) is 0.0909. The van der Waals surface area contributed by atoms with E-state index in [0.717, 1.165) is 5.01 Å². The predicted octanol–water partition coefficient (Wildman–Crippen LogP) is 2.77. The number of hydrogen-bond acceptors (Lipinski definition) is 4. The van der Waals surface area contributed by atoms with E-state index in [1.165, 1.54) is 23.5 Å². The highest BCUT2D eigenvalue weighted by Gasteiger charge is 2.01. The molecule has 0 aliphatic carbocycles. The van der Waals surface area contributed by atoms with E-state index in [9.17, 15) is 4.39 Å². The summed E-state index contributed by atoms with van der Waals surface area (Å²) in [5, 5.41) is 14.5. The Morgan fingerprint density at radius 1 is 1.44 bits per heavy atom. The average molecular weight is 233 g/mol. The lowest BCUT2D eigenvalue weighted by molar-refractivity contribution is 0.627. The monoisotopic (exact) mass is 233 g/mol. The van der Waals surface area contributed by atoms with Crippen molar-refractivity contribution in [2.75, 3.05) is 5.32 Å². The van der Waals surface area contributed by atoms with Gasteiger partial charge < -0.3 is 5.32 Å². The Balaban J connectivity index is 2.10. The van der Waals surface area contributed by atoms with Gasteiger partial charge in [-0.25, -0.2) is 9.37 Å². The van der Waals surface area contributed by atoms with Crippen molar-refractivity contribution in [2.45, 2.75) is 6.54 Å². The molecule has 80 valence electrons. The van der Waals surface area contributed by atoms with Crippen LogP contribution in [0.15, 0.2) is 29.8 Å². The third-order valence-electron chi connectivity index (χ3n) is 1.95. The second-order valence-corrected chi connectivity index (χ2v) is 4.10. The molecule has 3 nitrogen and oxygen atoms in total. The molecule has 0 bridgehead atoms. The predicted molar refractivity (Wildman–Crippen MR) is 60.6 cm³/mol. The van der Waals surface area contributed by atoms with Gasteiger partial charge in [0.05, 0.1) is 18.2 Å². The third kappa shape index (κ3) is 2.55. The number of nitriles is 1. The molecule has 0 atom stereocenters. The maximum Gasteiger partial charge on any atom is 0.126 e. The van der Waals surface area contributed by atoms with Crippen LogP contribution in [0.2, 0.25) is 0 Å². The smallest absolute Gasteiger partial charge is 0.126 e. The highest BCUT2D eigenvalue weighted by molar-refractivity contribution is 7.09. The van der Waals surface area contributed by atoms with E-state index in [1.807, 2.05) is 11.4 Å². The Kier molecular flexibility index (Phi) is 3.13. The van der Waals surface area contributed by atoms with E-state index in [1.54, 1.807) is 12.3 Å². The van der Waals surface area contributed by atoms with Gasteiger partial charge in [-0.05, 0) is 18.2 Å². The number of hydrogen-bond donors (Lipinski definition) is 1. The van der Waals surface area contributed by atoms with Gasteiger partial charge in [-0.3, -0.25) is 0 Å². The molecule has 1 heterocycles. The van der Waals surface area contributed by atoms with E-state index < -0.39 is 5.82 Å². The lowest BCUT2D eigenvalue weighted by Gasteiger charge is -2.04. The number of rotatable bonds is 3. The van der Waals surface area contributed by atoms with Crippen LogP contribution in [0.5, 0.6) is 0 Å². The van der Waals surface area contributed by atoms with Gasteiger partial charge in [0.25, 0.3) is 0 Å². The zero-order valence-electron chi connectivity index (χ0n) is 8.27. The number of nitrogens with one attached hydrogen (secondary N) is 1. The normalized spacial score (nSPS) is 9.75. The van der Waals surface area contributed by atoms with E-state index >= 15 is 0 Å². The largest absolute Gasteiger partial charge is 0.378 e. The summed E-state index contributed by atoms with van der Waals surface area (Å²) in [4.78, 5) is 4.09. The van der Waals surface area contributed by atoms with Gasteiger partial charge in [0.2, 0.25) is 0 Å². The molecule has 5 heteroatoms. The molecular formula is C11H8FN3S. The minimum atomic E-state index is -0.416. The van der Waals surface area contributed by atoms with Crippen molar-refractivity contribution in [1.82, 2.24) is 4.98 Å². The van der Waals surface area contributed by atoms with Crippen LogP contribution >= 0.6 is 11.3 Å².